The first kappa shape index (κ1) is 17.4. The summed E-state index contributed by atoms with van der Waals surface area (Å²) in [5.41, 5.74) is 4.62. The summed E-state index contributed by atoms with van der Waals surface area (Å²) in [5.74, 6) is -0.0551. The third-order valence-corrected chi connectivity index (χ3v) is 5.32. The molecule has 5 nitrogen and oxygen atoms in total. The summed E-state index contributed by atoms with van der Waals surface area (Å²) in [7, 11) is 0. The highest BCUT2D eigenvalue weighted by atomic mass is 32.1. The topological polar surface area (TPSA) is 71.1 Å². The average Bonchev–Trinajstić information content (AvgIpc) is 3.09. The van der Waals surface area contributed by atoms with Crippen molar-refractivity contribution in [1.29, 1.82) is 0 Å². The SMILES string of the molecule is O=C(Cc1csc(Cc2ccccc2)n1)Nc1ccc2c(c1)CCC(=O)N2. The second kappa shape index (κ2) is 7.72. The van der Waals surface area contributed by atoms with Gasteiger partial charge in [-0.15, -0.1) is 11.3 Å². The zero-order valence-electron chi connectivity index (χ0n) is 14.7. The first-order valence-corrected chi connectivity index (χ1v) is 9.73. The second-order valence-electron chi connectivity index (χ2n) is 6.54. The Kier molecular flexibility index (Phi) is 4.98. The molecule has 0 aliphatic carbocycles. The van der Waals surface area contributed by atoms with Crippen LogP contribution in [0.5, 0.6) is 0 Å². The minimum absolute atomic E-state index is 0.0362. The van der Waals surface area contributed by atoms with Crippen LogP contribution in [0.4, 0.5) is 11.4 Å². The fourth-order valence-corrected chi connectivity index (χ4v) is 3.94. The summed E-state index contributed by atoms with van der Waals surface area (Å²) in [5, 5.41) is 8.72. The maximum absolute atomic E-state index is 12.4. The molecule has 1 aromatic heterocycles. The quantitative estimate of drug-likeness (QED) is 0.710. The summed E-state index contributed by atoms with van der Waals surface area (Å²) in [6.07, 6.45) is 2.20. The molecule has 2 aromatic carbocycles. The molecule has 3 aromatic rings. The minimum atomic E-state index is -0.0913. The molecule has 1 aliphatic heterocycles. The lowest BCUT2D eigenvalue weighted by molar-refractivity contribution is -0.117. The third kappa shape index (κ3) is 4.41. The van der Waals surface area contributed by atoms with Gasteiger partial charge in [0.15, 0.2) is 0 Å². The number of rotatable bonds is 5. The zero-order valence-corrected chi connectivity index (χ0v) is 15.5. The Morgan fingerprint density at radius 1 is 1.15 bits per heavy atom. The van der Waals surface area contributed by atoms with E-state index in [2.05, 4.69) is 27.8 Å². The Labute approximate surface area is 161 Å². The van der Waals surface area contributed by atoms with Gasteiger partial charge in [0, 0.05) is 29.6 Å². The molecule has 0 spiro atoms. The van der Waals surface area contributed by atoms with Crippen LogP contribution >= 0.6 is 11.3 Å². The number of carbonyl (C=O) groups is 2. The molecule has 0 saturated carbocycles. The smallest absolute Gasteiger partial charge is 0.230 e. The van der Waals surface area contributed by atoms with E-state index in [1.54, 1.807) is 11.3 Å². The van der Waals surface area contributed by atoms with Gasteiger partial charge in [0.1, 0.15) is 0 Å². The summed E-state index contributed by atoms with van der Waals surface area (Å²) >= 11 is 1.58. The fourth-order valence-electron chi connectivity index (χ4n) is 3.11. The van der Waals surface area contributed by atoms with Crippen molar-refractivity contribution in [2.75, 3.05) is 10.6 Å². The number of nitrogens with zero attached hydrogens (tertiary/aromatic N) is 1. The van der Waals surface area contributed by atoms with Gasteiger partial charge in [0.2, 0.25) is 11.8 Å². The Morgan fingerprint density at radius 2 is 2.00 bits per heavy atom. The molecule has 27 heavy (non-hydrogen) atoms. The van der Waals surface area contributed by atoms with Gasteiger partial charge >= 0.3 is 0 Å². The van der Waals surface area contributed by atoms with Crippen molar-refractivity contribution in [3.8, 4) is 0 Å². The summed E-state index contributed by atoms with van der Waals surface area (Å²) < 4.78 is 0. The van der Waals surface area contributed by atoms with Crippen molar-refractivity contribution in [3.63, 3.8) is 0 Å². The van der Waals surface area contributed by atoms with Gasteiger partial charge in [-0.1, -0.05) is 30.3 Å². The van der Waals surface area contributed by atoms with Crippen molar-refractivity contribution in [3.05, 3.63) is 75.7 Å². The van der Waals surface area contributed by atoms with Crippen molar-refractivity contribution < 1.29 is 9.59 Å². The van der Waals surface area contributed by atoms with Crippen molar-refractivity contribution in [2.24, 2.45) is 0 Å². The Hall–Kier alpha value is -2.99. The Bertz CT molecular complexity index is 982. The molecule has 0 bridgehead atoms. The number of aromatic nitrogens is 1. The molecule has 0 atom stereocenters. The van der Waals surface area contributed by atoms with Crippen molar-refractivity contribution in [2.45, 2.75) is 25.7 Å². The van der Waals surface area contributed by atoms with Crippen LogP contribution in [0, 0.1) is 0 Å². The highest BCUT2D eigenvalue weighted by Gasteiger charge is 2.15. The van der Waals surface area contributed by atoms with Gasteiger partial charge in [0.05, 0.1) is 17.1 Å². The molecule has 2 heterocycles. The zero-order chi connectivity index (χ0) is 18.6. The first-order chi connectivity index (χ1) is 13.2. The molecular formula is C21H19N3O2S. The first-order valence-electron chi connectivity index (χ1n) is 8.85. The van der Waals surface area contributed by atoms with E-state index >= 15 is 0 Å². The van der Waals surface area contributed by atoms with E-state index in [4.69, 9.17) is 0 Å². The lowest BCUT2D eigenvalue weighted by Crippen LogP contribution is -2.20. The van der Waals surface area contributed by atoms with E-state index in [9.17, 15) is 9.59 Å². The van der Waals surface area contributed by atoms with E-state index in [0.717, 1.165) is 34.1 Å². The lowest BCUT2D eigenvalue weighted by Gasteiger charge is -2.17. The van der Waals surface area contributed by atoms with Crippen LogP contribution in [-0.2, 0) is 28.9 Å². The molecule has 2 amide bonds. The Morgan fingerprint density at radius 3 is 2.85 bits per heavy atom. The molecule has 6 heteroatoms. The number of carbonyl (C=O) groups excluding carboxylic acids is 2. The number of thiazole rings is 1. The molecule has 0 saturated heterocycles. The fraction of sp³-hybridized carbons (Fsp3) is 0.190. The van der Waals surface area contributed by atoms with Crippen molar-refractivity contribution in [1.82, 2.24) is 4.98 Å². The van der Waals surface area contributed by atoms with Gasteiger partial charge in [0.25, 0.3) is 0 Å². The summed E-state index contributed by atoms with van der Waals surface area (Å²) in [6.45, 7) is 0. The van der Waals surface area contributed by atoms with Gasteiger partial charge < -0.3 is 10.6 Å². The largest absolute Gasteiger partial charge is 0.326 e. The molecular weight excluding hydrogens is 358 g/mol. The maximum atomic E-state index is 12.4. The minimum Gasteiger partial charge on any atom is -0.326 e. The molecule has 2 N–H and O–H groups in total. The Balaban J connectivity index is 1.36. The lowest BCUT2D eigenvalue weighted by atomic mass is 10.0. The molecule has 0 unspecified atom stereocenters. The van der Waals surface area contributed by atoms with E-state index in [0.29, 0.717) is 12.8 Å². The van der Waals surface area contributed by atoms with Crippen LogP contribution < -0.4 is 10.6 Å². The van der Waals surface area contributed by atoms with Crippen molar-refractivity contribution >= 4 is 34.5 Å². The number of aryl methyl sites for hydroxylation is 1. The monoisotopic (exact) mass is 377 g/mol. The molecule has 4 rings (SSSR count). The van der Waals surface area contributed by atoms with E-state index in [-0.39, 0.29) is 18.2 Å². The van der Waals surface area contributed by atoms with Crippen LogP contribution in [0.25, 0.3) is 0 Å². The molecule has 0 fully saturated rings. The number of hydrogen-bond donors (Lipinski definition) is 2. The van der Waals surface area contributed by atoms with E-state index in [1.807, 2.05) is 41.8 Å². The van der Waals surface area contributed by atoms with Gasteiger partial charge in [-0.05, 0) is 35.7 Å². The maximum Gasteiger partial charge on any atom is 0.230 e. The normalized spacial score (nSPS) is 13.0. The average molecular weight is 377 g/mol. The van der Waals surface area contributed by atoms with Crippen LogP contribution in [0.2, 0.25) is 0 Å². The van der Waals surface area contributed by atoms with Crippen LogP contribution in [0.15, 0.2) is 53.9 Å². The highest BCUT2D eigenvalue weighted by molar-refractivity contribution is 7.09. The number of amides is 2. The predicted octanol–water partition coefficient (Wildman–Crippen LogP) is 3.80. The van der Waals surface area contributed by atoms with Crippen LogP contribution in [0.3, 0.4) is 0 Å². The number of fused-ring (bicyclic) bond motifs is 1. The number of hydrogen-bond acceptors (Lipinski definition) is 4. The third-order valence-electron chi connectivity index (χ3n) is 4.42. The number of benzene rings is 2. The highest BCUT2D eigenvalue weighted by Crippen LogP contribution is 2.25. The predicted molar refractivity (Wildman–Crippen MR) is 107 cm³/mol. The van der Waals surface area contributed by atoms with E-state index < -0.39 is 0 Å². The van der Waals surface area contributed by atoms with Crippen LogP contribution in [-0.4, -0.2) is 16.8 Å². The van der Waals surface area contributed by atoms with E-state index in [1.165, 1.54) is 5.56 Å². The number of anilines is 2. The molecule has 0 radical (unpaired) electrons. The summed E-state index contributed by atoms with van der Waals surface area (Å²) in [4.78, 5) is 28.4. The van der Waals surface area contributed by atoms with Gasteiger partial charge in [-0.2, -0.15) is 0 Å². The standard InChI is InChI=1S/C21H19N3O2S/c25-19-9-6-15-11-16(7-8-18(15)24-19)22-20(26)12-17-13-27-21(23-17)10-14-4-2-1-3-5-14/h1-5,7-8,11,13H,6,9-10,12H2,(H,22,26)(H,24,25). The second-order valence-corrected chi connectivity index (χ2v) is 7.48. The molecule has 1 aliphatic rings. The number of nitrogens with one attached hydrogen (secondary N) is 2. The molecule has 136 valence electrons. The van der Waals surface area contributed by atoms with Gasteiger partial charge in [-0.3, -0.25) is 9.59 Å². The summed E-state index contributed by atoms with van der Waals surface area (Å²) in [6, 6.07) is 15.7. The van der Waals surface area contributed by atoms with Gasteiger partial charge in [-0.25, -0.2) is 4.98 Å². The van der Waals surface area contributed by atoms with Crippen LogP contribution in [0.1, 0.15) is 28.2 Å².